The summed E-state index contributed by atoms with van der Waals surface area (Å²) in [5.74, 6) is -2.82. The van der Waals surface area contributed by atoms with Gasteiger partial charge in [-0.3, -0.25) is 9.59 Å². The summed E-state index contributed by atoms with van der Waals surface area (Å²) in [6.45, 7) is 1.05. The molecule has 0 saturated carbocycles. The third-order valence-corrected chi connectivity index (χ3v) is 3.39. The molecule has 0 aliphatic rings. The fourth-order valence-corrected chi connectivity index (χ4v) is 2.34. The lowest BCUT2D eigenvalue weighted by atomic mass is 10.0. The molecule has 2 aromatic rings. The summed E-state index contributed by atoms with van der Waals surface area (Å²) >= 11 is 5.80. The molecule has 1 heterocycles. The van der Waals surface area contributed by atoms with E-state index in [1.54, 1.807) is 0 Å². The number of aromatic carboxylic acids is 1. The van der Waals surface area contributed by atoms with Gasteiger partial charge in [0.25, 0.3) is 0 Å². The van der Waals surface area contributed by atoms with Gasteiger partial charge >= 0.3 is 5.97 Å². The van der Waals surface area contributed by atoms with Gasteiger partial charge in [0.1, 0.15) is 6.54 Å². The predicted octanol–water partition coefficient (Wildman–Crippen LogP) is 0.925. The van der Waals surface area contributed by atoms with Crippen molar-refractivity contribution in [2.24, 2.45) is 0 Å². The molecule has 0 aliphatic carbocycles. The maximum absolute atomic E-state index is 12.0. The van der Waals surface area contributed by atoms with Crippen LogP contribution in [0.2, 0.25) is 5.02 Å². The number of pyridine rings is 1. The van der Waals surface area contributed by atoms with Gasteiger partial charge in [0, 0.05) is 16.8 Å². The summed E-state index contributed by atoms with van der Waals surface area (Å²) < 4.78 is 1.25. The first-order valence-corrected chi connectivity index (χ1v) is 6.62. The molecule has 0 spiro atoms. The lowest BCUT2D eigenvalue weighted by molar-refractivity contribution is -0.255. The molecule has 2 rings (SSSR count). The average Bonchev–Trinajstić information content (AvgIpc) is 2.41. The molecule has 0 amide bonds. The minimum Gasteiger partial charge on any atom is -0.545 e. The molecule has 6 nitrogen and oxygen atoms in total. The summed E-state index contributed by atoms with van der Waals surface area (Å²) in [6.07, 6.45) is 0. The van der Waals surface area contributed by atoms with E-state index in [1.807, 2.05) is 0 Å². The lowest BCUT2D eigenvalue weighted by Gasteiger charge is -2.19. The number of hydrogen-bond donors (Lipinski definition) is 1. The Morgan fingerprint density at radius 3 is 2.36 bits per heavy atom. The first kappa shape index (κ1) is 15.8. The number of aliphatic carboxylic acids is 1. The molecule has 22 heavy (non-hydrogen) atoms. The molecule has 1 aromatic heterocycles. The highest BCUT2D eigenvalue weighted by Crippen LogP contribution is 2.25. The molecular formula is C15H11ClNO5-. The highest BCUT2D eigenvalue weighted by Gasteiger charge is 2.18. The predicted molar refractivity (Wildman–Crippen MR) is 77.9 cm³/mol. The molecule has 1 N–H and O–H groups in total. The van der Waals surface area contributed by atoms with Crippen LogP contribution in [0.15, 0.2) is 35.1 Å². The summed E-state index contributed by atoms with van der Waals surface area (Å²) in [5.41, 5.74) is -0.615. The summed E-state index contributed by atoms with van der Waals surface area (Å²) in [7, 11) is 0. The fourth-order valence-electron chi connectivity index (χ4n) is 2.21. The number of carbonyl (C=O) groups excluding carboxylic acids is 1. The number of carboxylic acids is 2. The normalized spacial score (nSPS) is 10.5. The quantitative estimate of drug-likeness (QED) is 0.903. The van der Waals surface area contributed by atoms with Crippen LogP contribution >= 0.6 is 11.6 Å². The monoisotopic (exact) mass is 320 g/mol. The van der Waals surface area contributed by atoms with Crippen molar-refractivity contribution in [3.63, 3.8) is 0 Å². The van der Waals surface area contributed by atoms with Gasteiger partial charge in [-0.05, 0) is 24.6 Å². The standard InChI is InChI=1S/C15H12ClNO5/c1-8-6-11(18)13(15(21)22)14(17(8)7-12(19)20)9-2-4-10(16)5-3-9/h2-6H,7H2,1H3,(H,19,20)(H,21,22)/p-1. The number of nitrogens with zero attached hydrogens (tertiary/aromatic N) is 1. The Morgan fingerprint density at radius 1 is 1.27 bits per heavy atom. The first-order valence-electron chi connectivity index (χ1n) is 6.24. The Balaban J connectivity index is 2.86. The molecule has 0 aliphatic heterocycles. The van der Waals surface area contributed by atoms with Gasteiger partial charge in [-0.25, -0.2) is 0 Å². The van der Waals surface area contributed by atoms with Gasteiger partial charge < -0.3 is 19.6 Å². The zero-order valence-corrected chi connectivity index (χ0v) is 12.3. The third-order valence-electron chi connectivity index (χ3n) is 3.13. The largest absolute Gasteiger partial charge is 0.545 e. The van der Waals surface area contributed by atoms with Crippen molar-refractivity contribution >= 4 is 23.5 Å². The van der Waals surface area contributed by atoms with Crippen molar-refractivity contribution in [3.05, 3.63) is 56.8 Å². The Hall–Kier alpha value is -2.60. The second-order valence-electron chi connectivity index (χ2n) is 4.65. The van der Waals surface area contributed by atoms with E-state index >= 15 is 0 Å². The number of carbonyl (C=O) groups is 2. The number of benzene rings is 1. The van der Waals surface area contributed by atoms with Gasteiger partial charge in [0.05, 0.1) is 17.2 Å². The van der Waals surface area contributed by atoms with Crippen LogP contribution in [0, 0.1) is 6.92 Å². The Morgan fingerprint density at radius 2 is 1.86 bits per heavy atom. The topological polar surface area (TPSA) is 99.4 Å². The first-order chi connectivity index (χ1) is 10.3. The van der Waals surface area contributed by atoms with Crippen LogP contribution in [0.5, 0.6) is 0 Å². The number of rotatable bonds is 4. The molecule has 114 valence electrons. The Bertz CT molecular complexity index is 808. The van der Waals surface area contributed by atoms with Crippen molar-refractivity contribution in [2.75, 3.05) is 0 Å². The third kappa shape index (κ3) is 3.01. The average molecular weight is 321 g/mol. The lowest BCUT2D eigenvalue weighted by Crippen LogP contribution is -2.32. The van der Waals surface area contributed by atoms with E-state index in [4.69, 9.17) is 16.7 Å². The molecule has 0 atom stereocenters. The SMILES string of the molecule is Cc1cc(=O)c(C(=O)[O-])c(-c2ccc(Cl)cc2)n1CC(=O)O. The van der Waals surface area contributed by atoms with E-state index < -0.39 is 29.5 Å². The molecule has 1 aromatic carbocycles. The Labute approximate surface area is 130 Å². The second kappa shape index (κ2) is 6.03. The van der Waals surface area contributed by atoms with Crippen LogP contribution in [0.25, 0.3) is 11.3 Å². The number of aryl methyl sites for hydroxylation is 1. The van der Waals surface area contributed by atoms with Crippen molar-refractivity contribution in [1.82, 2.24) is 4.57 Å². The number of aromatic nitrogens is 1. The van der Waals surface area contributed by atoms with E-state index in [9.17, 15) is 19.5 Å². The molecule has 0 unspecified atom stereocenters. The zero-order chi connectivity index (χ0) is 16.4. The van der Waals surface area contributed by atoms with Crippen LogP contribution in [0.3, 0.4) is 0 Å². The van der Waals surface area contributed by atoms with Crippen LogP contribution < -0.4 is 10.5 Å². The van der Waals surface area contributed by atoms with Crippen molar-refractivity contribution < 1.29 is 19.8 Å². The maximum Gasteiger partial charge on any atom is 0.323 e. The zero-order valence-electron chi connectivity index (χ0n) is 11.5. The molecule has 7 heteroatoms. The number of halogens is 1. The maximum atomic E-state index is 12.0. The minimum atomic E-state index is -1.66. The van der Waals surface area contributed by atoms with E-state index in [2.05, 4.69) is 0 Å². The van der Waals surface area contributed by atoms with Crippen LogP contribution in [-0.4, -0.2) is 21.6 Å². The molecule has 0 saturated heterocycles. The van der Waals surface area contributed by atoms with E-state index in [0.717, 1.165) is 6.07 Å². The molecule has 0 radical (unpaired) electrons. The van der Waals surface area contributed by atoms with Crippen LogP contribution in [-0.2, 0) is 11.3 Å². The Kier molecular flexibility index (Phi) is 4.32. The highest BCUT2D eigenvalue weighted by atomic mass is 35.5. The van der Waals surface area contributed by atoms with Gasteiger partial charge in [-0.1, -0.05) is 23.7 Å². The van der Waals surface area contributed by atoms with Gasteiger partial charge in [0.2, 0.25) is 0 Å². The van der Waals surface area contributed by atoms with E-state index in [0.29, 0.717) is 16.3 Å². The number of carboxylic acid groups (broad SMARTS) is 2. The fraction of sp³-hybridized carbons (Fsp3) is 0.133. The summed E-state index contributed by atoms with van der Waals surface area (Å²) in [5, 5.41) is 20.8. The van der Waals surface area contributed by atoms with Gasteiger partial charge in [0.15, 0.2) is 5.43 Å². The van der Waals surface area contributed by atoms with Crippen LogP contribution in [0.4, 0.5) is 0 Å². The summed E-state index contributed by atoms with van der Waals surface area (Å²) in [6, 6.07) is 7.15. The van der Waals surface area contributed by atoms with Crippen molar-refractivity contribution in [3.8, 4) is 11.3 Å². The van der Waals surface area contributed by atoms with Crippen molar-refractivity contribution in [2.45, 2.75) is 13.5 Å². The smallest absolute Gasteiger partial charge is 0.323 e. The van der Waals surface area contributed by atoms with E-state index in [-0.39, 0.29) is 5.69 Å². The van der Waals surface area contributed by atoms with Crippen LogP contribution in [0.1, 0.15) is 16.1 Å². The van der Waals surface area contributed by atoms with Gasteiger partial charge in [-0.15, -0.1) is 0 Å². The second-order valence-corrected chi connectivity index (χ2v) is 5.08. The highest BCUT2D eigenvalue weighted by molar-refractivity contribution is 6.30. The number of hydrogen-bond acceptors (Lipinski definition) is 4. The summed E-state index contributed by atoms with van der Waals surface area (Å²) in [4.78, 5) is 34.3. The van der Waals surface area contributed by atoms with E-state index in [1.165, 1.54) is 35.8 Å². The molecule has 0 bridgehead atoms. The molecule has 0 fully saturated rings. The van der Waals surface area contributed by atoms with Gasteiger partial charge in [-0.2, -0.15) is 0 Å². The molecular weight excluding hydrogens is 310 g/mol. The van der Waals surface area contributed by atoms with Crippen molar-refractivity contribution in [1.29, 1.82) is 0 Å². The minimum absolute atomic E-state index is 0.0101.